The maximum absolute atomic E-state index is 12.8. The van der Waals surface area contributed by atoms with Crippen molar-refractivity contribution >= 4 is 17.2 Å². The molecular formula is C19H25N3OS. The smallest absolute Gasteiger partial charge is 0.244 e. The first kappa shape index (κ1) is 17.1. The quantitative estimate of drug-likeness (QED) is 0.925. The number of carbonyl (C=O) groups is 1. The molecule has 1 aromatic heterocycles. The van der Waals surface area contributed by atoms with Crippen LogP contribution >= 0.6 is 11.3 Å². The van der Waals surface area contributed by atoms with Crippen molar-refractivity contribution < 1.29 is 4.79 Å². The maximum Gasteiger partial charge on any atom is 0.244 e. The Morgan fingerprint density at radius 1 is 1.42 bits per heavy atom. The first-order valence-corrected chi connectivity index (χ1v) is 9.51. The lowest BCUT2D eigenvalue weighted by Crippen LogP contribution is -2.43. The summed E-state index contributed by atoms with van der Waals surface area (Å²) in [5.41, 5.74) is 9.43. The zero-order valence-corrected chi connectivity index (χ0v) is 15.2. The fraction of sp³-hybridized carbons (Fsp3) is 0.474. The molecule has 1 amide bonds. The van der Waals surface area contributed by atoms with Gasteiger partial charge in [0.05, 0.1) is 10.7 Å². The third-order valence-corrected chi connectivity index (χ3v) is 5.77. The molecule has 1 fully saturated rings. The van der Waals surface area contributed by atoms with Crippen LogP contribution in [0.5, 0.6) is 0 Å². The molecule has 5 heteroatoms. The fourth-order valence-corrected chi connectivity index (χ4v) is 4.20. The molecule has 0 spiro atoms. The van der Waals surface area contributed by atoms with E-state index in [0.29, 0.717) is 5.92 Å². The van der Waals surface area contributed by atoms with E-state index in [0.717, 1.165) is 48.6 Å². The number of carbonyl (C=O) groups excluding carboxylic acids is 1. The number of hydrogen-bond acceptors (Lipinski definition) is 4. The van der Waals surface area contributed by atoms with Crippen molar-refractivity contribution in [1.82, 2.24) is 9.88 Å². The number of amides is 1. The van der Waals surface area contributed by atoms with Crippen molar-refractivity contribution in [3.63, 3.8) is 0 Å². The number of rotatable bonds is 4. The van der Waals surface area contributed by atoms with Crippen LogP contribution in [0.4, 0.5) is 0 Å². The van der Waals surface area contributed by atoms with E-state index in [-0.39, 0.29) is 5.91 Å². The van der Waals surface area contributed by atoms with E-state index in [9.17, 15) is 4.79 Å². The summed E-state index contributed by atoms with van der Waals surface area (Å²) in [6.07, 6.45) is 3.07. The molecule has 2 unspecified atom stereocenters. The molecule has 0 saturated carbocycles. The summed E-state index contributed by atoms with van der Waals surface area (Å²) in [5.74, 6) is 0.369. The molecule has 0 aliphatic carbocycles. The number of likely N-dealkylation sites (tertiary alicyclic amines) is 1. The molecule has 1 aromatic carbocycles. The Bertz CT molecular complexity index is 695. The summed E-state index contributed by atoms with van der Waals surface area (Å²) >= 11 is 1.72. The predicted molar refractivity (Wildman–Crippen MR) is 98.2 cm³/mol. The monoisotopic (exact) mass is 343 g/mol. The van der Waals surface area contributed by atoms with Gasteiger partial charge in [-0.15, -0.1) is 11.3 Å². The minimum absolute atomic E-state index is 0.0239. The number of nitrogens with zero attached hydrogens (tertiary/aromatic N) is 2. The van der Waals surface area contributed by atoms with Crippen molar-refractivity contribution in [2.45, 2.75) is 45.1 Å². The van der Waals surface area contributed by atoms with Gasteiger partial charge < -0.3 is 10.6 Å². The topological polar surface area (TPSA) is 59.2 Å². The highest BCUT2D eigenvalue weighted by Crippen LogP contribution is 2.30. The van der Waals surface area contributed by atoms with Gasteiger partial charge in [0, 0.05) is 24.4 Å². The van der Waals surface area contributed by atoms with E-state index in [1.54, 1.807) is 11.3 Å². The van der Waals surface area contributed by atoms with Gasteiger partial charge in [-0.3, -0.25) is 4.79 Å². The highest BCUT2D eigenvalue weighted by molar-refractivity contribution is 7.09. The zero-order chi connectivity index (χ0) is 17.1. The fourth-order valence-electron chi connectivity index (χ4n) is 3.16. The van der Waals surface area contributed by atoms with Crippen molar-refractivity contribution in [2.75, 3.05) is 13.1 Å². The van der Waals surface area contributed by atoms with Crippen LogP contribution in [0.1, 0.15) is 53.6 Å². The molecule has 3 rings (SSSR count). The van der Waals surface area contributed by atoms with Crippen molar-refractivity contribution in [3.8, 4) is 0 Å². The molecule has 2 atom stereocenters. The van der Waals surface area contributed by atoms with Crippen LogP contribution in [0.3, 0.4) is 0 Å². The Morgan fingerprint density at radius 3 is 2.83 bits per heavy atom. The van der Waals surface area contributed by atoms with Gasteiger partial charge in [0.25, 0.3) is 0 Å². The van der Waals surface area contributed by atoms with Crippen LogP contribution in [0.2, 0.25) is 0 Å². The molecule has 1 aliphatic heterocycles. The Kier molecular flexibility index (Phi) is 5.31. The third-order valence-electron chi connectivity index (χ3n) is 4.72. The van der Waals surface area contributed by atoms with Gasteiger partial charge in [0.2, 0.25) is 5.91 Å². The van der Waals surface area contributed by atoms with E-state index in [1.165, 1.54) is 5.56 Å². The Labute approximate surface area is 147 Å². The lowest BCUT2D eigenvalue weighted by Gasteiger charge is -2.33. The standard InChI is InChI=1S/C19H25N3OS/c1-3-16-12-24-18(21-16)15-5-4-10-22(11-15)19(23)17(20)14-8-6-13(2)7-9-14/h6-9,12,15,17H,3-5,10-11,20H2,1-2H3. The molecule has 2 heterocycles. The van der Waals surface area contributed by atoms with Crippen molar-refractivity contribution in [3.05, 3.63) is 51.5 Å². The number of benzene rings is 1. The van der Waals surface area contributed by atoms with E-state index < -0.39 is 6.04 Å². The molecule has 0 bridgehead atoms. The van der Waals surface area contributed by atoms with Gasteiger partial charge in [-0.1, -0.05) is 36.8 Å². The van der Waals surface area contributed by atoms with Crippen LogP contribution in [-0.2, 0) is 11.2 Å². The maximum atomic E-state index is 12.8. The summed E-state index contributed by atoms with van der Waals surface area (Å²) in [6, 6.07) is 7.33. The van der Waals surface area contributed by atoms with Crippen LogP contribution in [-0.4, -0.2) is 28.9 Å². The van der Waals surface area contributed by atoms with Gasteiger partial charge in [-0.2, -0.15) is 0 Å². The summed E-state index contributed by atoms with van der Waals surface area (Å²) in [6.45, 7) is 5.68. The number of hydrogen-bond donors (Lipinski definition) is 1. The summed E-state index contributed by atoms with van der Waals surface area (Å²) in [5, 5.41) is 3.29. The number of aromatic nitrogens is 1. The van der Waals surface area contributed by atoms with Gasteiger partial charge in [0.15, 0.2) is 0 Å². The summed E-state index contributed by atoms with van der Waals surface area (Å²) < 4.78 is 0. The molecule has 128 valence electrons. The highest BCUT2D eigenvalue weighted by atomic mass is 32.1. The van der Waals surface area contributed by atoms with E-state index in [2.05, 4.69) is 12.3 Å². The molecule has 0 radical (unpaired) electrons. The van der Waals surface area contributed by atoms with Gasteiger partial charge >= 0.3 is 0 Å². The Morgan fingerprint density at radius 2 is 2.17 bits per heavy atom. The molecule has 2 aromatic rings. The average Bonchev–Trinajstić information content (AvgIpc) is 3.10. The van der Waals surface area contributed by atoms with E-state index >= 15 is 0 Å². The summed E-state index contributed by atoms with van der Waals surface area (Å²) in [7, 11) is 0. The molecule has 24 heavy (non-hydrogen) atoms. The van der Waals surface area contributed by atoms with E-state index in [4.69, 9.17) is 10.7 Å². The number of aryl methyl sites for hydroxylation is 2. The second kappa shape index (κ2) is 7.45. The highest BCUT2D eigenvalue weighted by Gasteiger charge is 2.29. The second-order valence-electron chi connectivity index (χ2n) is 6.54. The van der Waals surface area contributed by atoms with Crippen LogP contribution in [0.25, 0.3) is 0 Å². The average molecular weight is 343 g/mol. The summed E-state index contributed by atoms with van der Waals surface area (Å²) in [4.78, 5) is 19.4. The SMILES string of the molecule is CCc1csc(C2CCCN(C(=O)C(N)c3ccc(C)cc3)C2)n1. The first-order chi connectivity index (χ1) is 11.6. The lowest BCUT2D eigenvalue weighted by atomic mass is 9.97. The number of thiazole rings is 1. The number of piperidine rings is 1. The van der Waals surface area contributed by atoms with Crippen molar-refractivity contribution in [1.29, 1.82) is 0 Å². The van der Waals surface area contributed by atoms with Crippen molar-refractivity contribution in [2.24, 2.45) is 5.73 Å². The predicted octanol–water partition coefficient (Wildman–Crippen LogP) is 3.42. The largest absolute Gasteiger partial charge is 0.340 e. The molecular weight excluding hydrogens is 318 g/mol. The van der Waals surface area contributed by atoms with Gasteiger partial charge in [-0.05, 0) is 31.7 Å². The second-order valence-corrected chi connectivity index (χ2v) is 7.43. The molecule has 1 saturated heterocycles. The first-order valence-electron chi connectivity index (χ1n) is 8.63. The van der Waals surface area contributed by atoms with Crippen LogP contribution < -0.4 is 5.73 Å². The lowest BCUT2D eigenvalue weighted by molar-refractivity contribution is -0.134. The Balaban J connectivity index is 1.69. The van der Waals surface area contributed by atoms with Gasteiger partial charge in [-0.25, -0.2) is 4.98 Å². The Hall–Kier alpha value is -1.72. The zero-order valence-electron chi connectivity index (χ0n) is 14.4. The molecule has 1 aliphatic rings. The molecule has 4 nitrogen and oxygen atoms in total. The van der Waals surface area contributed by atoms with Crippen LogP contribution in [0.15, 0.2) is 29.6 Å². The van der Waals surface area contributed by atoms with E-state index in [1.807, 2.05) is 36.1 Å². The van der Waals surface area contributed by atoms with Gasteiger partial charge in [0.1, 0.15) is 6.04 Å². The van der Waals surface area contributed by atoms with Crippen LogP contribution in [0, 0.1) is 6.92 Å². The third kappa shape index (κ3) is 3.68. The number of nitrogens with two attached hydrogens (primary N) is 1. The minimum atomic E-state index is -0.577. The molecule has 2 N–H and O–H groups in total. The normalized spacial score (nSPS) is 19.3. The minimum Gasteiger partial charge on any atom is -0.340 e.